The molecule has 0 aliphatic rings. The number of nitrogens with one attached hydrogen (secondary N) is 1. The third-order valence-electron chi connectivity index (χ3n) is 3.89. The van der Waals surface area contributed by atoms with Crippen molar-refractivity contribution in [3.05, 3.63) is 63.2 Å². The highest BCUT2D eigenvalue weighted by atomic mass is 32.1. The van der Waals surface area contributed by atoms with E-state index in [1.54, 1.807) is 41.0 Å². The van der Waals surface area contributed by atoms with Crippen LogP contribution in [-0.2, 0) is 0 Å². The summed E-state index contributed by atoms with van der Waals surface area (Å²) in [6.45, 7) is 0. The zero-order valence-corrected chi connectivity index (χ0v) is 16.0. The Bertz CT molecular complexity index is 1180. The van der Waals surface area contributed by atoms with Gasteiger partial charge >= 0.3 is 5.97 Å². The summed E-state index contributed by atoms with van der Waals surface area (Å²) in [5.41, 5.74) is 1.51. The molecule has 0 unspecified atom stereocenters. The molecule has 1 aromatic carbocycles. The van der Waals surface area contributed by atoms with Crippen LogP contribution >= 0.6 is 34.0 Å². The van der Waals surface area contributed by atoms with E-state index >= 15 is 0 Å². The summed E-state index contributed by atoms with van der Waals surface area (Å²) in [4.78, 5) is 25.5. The summed E-state index contributed by atoms with van der Waals surface area (Å²) >= 11 is 4.18. The van der Waals surface area contributed by atoms with Gasteiger partial charge in [-0.05, 0) is 35.2 Å². The summed E-state index contributed by atoms with van der Waals surface area (Å²) in [7, 11) is 0. The topological polar surface area (TPSA) is 90.2 Å². The number of thiophene rings is 3. The van der Waals surface area contributed by atoms with Gasteiger partial charge in [0.05, 0.1) is 27.1 Å². The number of benzene rings is 1. The van der Waals surface area contributed by atoms with Gasteiger partial charge in [-0.15, -0.1) is 34.0 Å². The SMILES string of the molecule is N#Cc1ccc(-c2scc(NC(=O)c3cc4sccc4s3)c2C(=O)O)cc1. The van der Waals surface area contributed by atoms with Gasteiger partial charge < -0.3 is 10.4 Å². The predicted molar refractivity (Wildman–Crippen MR) is 109 cm³/mol. The van der Waals surface area contributed by atoms with E-state index in [2.05, 4.69) is 5.32 Å². The lowest BCUT2D eigenvalue weighted by atomic mass is 10.1. The number of rotatable bonds is 4. The van der Waals surface area contributed by atoms with Gasteiger partial charge in [-0.3, -0.25) is 4.79 Å². The number of hydrogen-bond donors (Lipinski definition) is 2. The summed E-state index contributed by atoms with van der Waals surface area (Å²) < 4.78 is 2.07. The Morgan fingerprint density at radius 3 is 2.52 bits per heavy atom. The van der Waals surface area contributed by atoms with Crippen LogP contribution < -0.4 is 5.32 Å². The highest BCUT2D eigenvalue weighted by molar-refractivity contribution is 7.28. The quantitative estimate of drug-likeness (QED) is 0.464. The van der Waals surface area contributed by atoms with Crippen LogP contribution in [0.3, 0.4) is 0 Å². The third kappa shape index (κ3) is 3.24. The third-order valence-corrected chi connectivity index (χ3v) is 7.01. The second kappa shape index (κ2) is 6.96. The second-order valence-electron chi connectivity index (χ2n) is 5.56. The predicted octanol–water partition coefficient (Wildman–Crippen LogP) is 5.51. The van der Waals surface area contributed by atoms with Crippen molar-refractivity contribution in [1.82, 2.24) is 0 Å². The van der Waals surface area contributed by atoms with Gasteiger partial charge in [0.15, 0.2) is 0 Å². The minimum Gasteiger partial charge on any atom is -0.478 e. The number of anilines is 1. The standard InChI is InChI=1S/C19H10N2O3S3/c20-8-10-1-3-11(4-2-10)17-16(19(23)24)12(9-26-17)21-18(22)15-7-14-13(27-15)5-6-25-14/h1-7,9H,(H,21,22)(H,23,24). The van der Waals surface area contributed by atoms with Crippen molar-refractivity contribution < 1.29 is 14.7 Å². The zero-order chi connectivity index (χ0) is 19.0. The highest BCUT2D eigenvalue weighted by Crippen LogP contribution is 2.37. The van der Waals surface area contributed by atoms with Crippen LogP contribution in [0.25, 0.3) is 19.8 Å². The van der Waals surface area contributed by atoms with E-state index in [9.17, 15) is 14.7 Å². The van der Waals surface area contributed by atoms with Crippen LogP contribution in [0.4, 0.5) is 5.69 Å². The number of nitrogens with zero attached hydrogens (tertiary/aromatic N) is 1. The monoisotopic (exact) mass is 410 g/mol. The molecule has 27 heavy (non-hydrogen) atoms. The highest BCUT2D eigenvalue weighted by Gasteiger charge is 2.22. The number of aromatic carboxylic acids is 1. The Balaban J connectivity index is 1.67. The number of carbonyl (C=O) groups is 2. The van der Waals surface area contributed by atoms with Gasteiger partial charge in [-0.2, -0.15) is 5.26 Å². The first-order chi connectivity index (χ1) is 13.1. The van der Waals surface area contributed by atoms with Crippen LogP contribution in [0, 0.1) is 11.3 Å². The van der Waals surface area contributed by atoms with Gasteiger partial charge in [-0.25, -0.2) is 4.79 Å². The second-order valence-corrected chi connectivity index (χ2v) is 8.47. The van der Waals surface area contributed by atoms with Gasteiger partial charge in [0.25, 0.3) is 5.91 Å². The molecule has 3 heterocycles. The van der Waals surface area contributed by atoms with Gasteiger partial charge in [0.2, 0.25) is 0 Å². The molecule has 0 spiro atoms. The number of carboxylic acids is 1. The van der Waals surface area contributed by atoms with Crippen molar-refractivity contribution in [2.24, 2.45) is 0 Å². The fraction of sp³-hybridized carbons (Fsp3) is 0. The van der Waals surface area contributed by atoms with E-state index in [-0.39, 0.29) is 17.2 Å². The van der Waals surface area contributed by atoms with Crippen molar-refractivity contribution in [3.63, 3.8) is 0 Å². The van der Waals surface area contributed by atoms with E-state index < -0.39 is 5.97 Å². The summed E-state index contributed by atoms with van der Waals surface area (Å²) in [6, 6.07) is 12.5. The van der Waals surface area contributed by atoms with Crippen LogP contribution in [-0.4, -0.2) is 17.0 Å². The van der Waals surface area contributed by atoms with Crippen molar-refractivity contribution in [3.8, 4) is 16.5 Å². The van der Waals surface area contributed by atoms with Gasteiger partial charge in [0.1, 0.15) is 5.56 Å². The Hall–Kier alpha value is -2.99. The maximum atomic E-state index is 12.6. The largest absolute Gasteiger partial charge is 0.478 e. The van der Waals surface area contributed by atoms with E-state index in [0.29, 0.717) is 20.9 Å². The number of hydrogen-bond acceptors (Lipinski definition) is 6. The van der Waals surface area contributed by atoms with Crippen LogP contribution in [0.15, 0.2) is 47.2 Å². The zero-order valence-electron chi connectivity index (χ0n) is 13.6. The fourth-order valence-corrected chi connectivity index (χ4v) is 5.64. The van der Waals surface area contributed by atoms with Crippen LogP contribution in [0.5, 0.6) is 0 Å². The van der Waals surface area contributed by atoms with E-state index in [1.165, 1.54) is 22.7 Å². The molecule has 0 atom stereocenters. The maximum absolute atomic E-state index is 12.6. The molecule has 0 radical (unpaired) electrons. The molecule has 0 bridgehead atoms. The first kappa shape index (κ1) is 17.4. The molecule has 3 aromatic heterocycles. The lowest BCUT2D eigenvalue weighted by molar-refractivity contribution is 0.0699. The lowest BCUT2D eigenvalue weighted by Crippen LogP contribution is -2.12. The molecular formula is C19H10N2O3S3. The summed E-state index contributed by atoms with van der Waals surface area (Å²) in [5, 5.41) is 24.9. The molecule has 0 aliphatic carbocycles. The lowest BCUT2D eigenvalue weighted by Gasteiger charge is -2.05. The Kier molecular flexibility index (Phi) is 4.49. The Morgan fingerprint density at radius 1 is 1.07 bits per heavy atom. The molecule has 1 amide bonds. The Morgan fingerprint density at radius 2 is 1.85 bits per heavy atom. The van der Waals surface area contributed by atoms with Crippen molar-refractivity contribution >= 4 is 61.0 Å². The first-order valence-corrected chi connectivity index (χ1v) is 10.3. The maximum Gasteiger partial charge on any atom is 0.339 e. The average Bonchev–Trinajstić information content (AvgIpc) is 3.36. The molecule has 8 heteroatoms. The molecule has 4 rings (SSSR count). The van der Waals surface area contributed by atoms with Crippen LogP contribution in [0.2, 0.25) is 0 Å². The van der Waals surface area contributed by atoms with Gasteiger partial charge in [0, 0.05) is 14.8 Å². The molecule has 2 N–H and O–H groups in total. The minimum absolute atomic E-state index is 0.0522. The number of nitriles is 1. The summed E-state index contributed by atoms with van der Waals surface area (Å²) in [6.07, 6.45) is 0. The summed E-state index contributed by atoms with van der Waals surface area (Å²) in [5.74, 6) is -1.44. The fourth-order valence-electron chi connectivity index (χ4n) is 2.63. The molecule has 0 fully saturated rings. The first-order valence-electron chi connectivity index (χ1n) is 7.70. The average molecular weight is 411 g/mol. The number of carboxylic acid groups (broad SMARTS) is 1. The van der Waals surface area contributed by atoms with Crippen molar-refractivity contribution in [2.75, 3.05) is 5.32 Å². The van der Waals surface area contributed by atoms with E-state index in [4.69, 9.17) is 5.26 Å². The molecule has 0 saturated heterocycles. The van der Waals surface area contributed by atoms with E-state index in [0.717, 1.165) is 9.40 Å². The smallest absolute Gasteiger partial charge is 0.339 e. The number of carbonyl (C=O) groups excluding carboxylic acids is 1. The molecule has 5 nitrogen and oxygen atoms in total. The Labute approximate surface area is 165 Å². The molecule has 0 saturated carbocycles. The molecule has 4 aromatic rings. The molecular weight excluding hydrogens is 400 g/mol. The normalized spacial score (nSPS) is 10.6. The minimum atomic E-state index is -1.11. The van der Waals surface area contributed by atoms with Crippen molar-refractivity contribution in [1.29, 1.82) is 5.26 Å². The molecule has 0 aliphatic heterocycles. The molecule has 132 valence electrons. The van der Waals surface area contributed by atoms with Crippen LogP contribution in [0.1, 0.15) is 25.6 Å². The van der Waals surface area contributed by atoms with E-state index in [1.807, 2.05) is 23.6 Å². The number of fused-ring (bicyclic) bond motifs is 1. The van der Waals surface area contributed by atoms with Crippen molar-refractivity contribution in [2.45, 2.75) is 0 Å². The number of amides is 1. The van der Waals surface area contributed by atoms with Gasteiger partial charge in [-0.1, -0.05) is 12.1 Å².